The minimum Gasteiger partial charge on any atom is -0.292 e. The van der Waals surface area contributed by atoms with Crippen LogP contribution in [0.5, 0.6) is 0 Å². The summed E-state index contributed by atoms with van der Waals surface area (Å²) in [5, 5.41) is 2.62. The first-order valence-corrected chi connectivity index (χ1v) is 17.7. The van der Waals surface area contributed by atoms with Crippen molar-refractivity contribution in [1.29, 1.82) is 0 Å². The number of rotatable bonds is 4. The summed E-state index contributed by atoms with van der Waals surface area (Å²) in [6.45, 7) is 4.71. The molecule has 0 amide bonds. The molecule has 2 heterocycles. The van der Waals surface area contributed by atoms with Crippen LogP contribution in [0.3, 0.4) is 0 Å². The van der Waals surface area contributed by atoms with Crippen molar-refractivity contribution in [1.82, 2.24) is 9.55 Å². The van der Waals surface area contributed by atoms with Crippen LogP contribution in [-0.2, 0) is 5.41 Å². The molecule has 2 aromatic heterocycles. The van der Waals surface area contributed by atoms with Gasteiger partial charge in [0, 0.05) is 36.8 Å². The molecule has 1 aliphatic rings. The van der Waals surface area contributed by atoms with E-state index in [1.54, 1.807) is 0 Å². The lowest BCUT2D eigenvalue weighted by atomic mass is 9.81. The van der Waals surface area contributed by atoms with E-state index >= 15 is 0 Å². The summed E-state index contributed by atoms with van der Waals surface area (Å²) in [5.41, 5.74) is 14.5. The van der Waals surface area contributed by atoms with Gasteiger partial charge in [0.25, 0.3) is 0 Å². The first kappa shape index (κ1) is 28.3. The Morgan fingerprint density at radius 2 is 1.20 bits per heavy atom. The predicted octanol–water partition coefficient (Wildman–Crippen LogP) is 12.7. The van der Waals surface area contributed by atoms with Gasteiger partial charge in [-0.3, -0.25) is 4.57 Å². The molecule has 0 radical (unpaired) electrons. The van der Waals surface area contributed by atoms with E-state index in [4.69, 9.17) is 4.98 Å². The summed E-state index contributed by atoms with van der Waals surface area (Å²) in [7, 11) is 0. The van der Waals surface area contributed by atoms with Crippen molar-refractivity contribution in [2.24, 2.45) is 0 Å². The molecule has 0 atom stereocenters. The zero-order valence-electron chi connectivity index (χ0n) is 27.3. The fraction of sp³-hybridized carbons (Fsp3) is 0.0652. The zero-order valence-corrected chi connectivity index (χ0v) is 28.1. The molecule has 10 rings (SSSR count). The number of hydrogen-bond donors (Lipinski definition) is 0. The van der Waals surface area contributed by atoms with Crippen molar-refractivity contribution in [3.8, 4) is 50.5 Å². The molecular formula is C46H32N2S. The third kappa shape index (κ3) is 4.29. The van der Waals surface area contributed by atoms with Gasteiger partial charge < -0.3 is 0 Å². The van der Waals surface area contributed by atoms with Crippen LogP contribution in [0.2, 0.25) is 0 Å². The van der Waals surface area contributed by atoms with Crippen molar-refractivity contribution in [3.05, 3.63) is 169 Å². The lowest BCUT2D eigenvalue weighted by Crippen LogP contribution is -2.14. The van der Waals surface area contributed by atoms with Crippen molar-refractivity contribution in [2.45, 2.75) is 19.3 Å². The van der Waals surface area contributed by atoms with E-state index in [0.29, 0.717) is 0 Å². The van der Waals surface area contributed by atoms with Crippen LogP contribution in [0.15, 0.2) is 158 Å². The van der Waals surface area contributed by atoms with Crippen LogP contribution in [-0.4, -0.2) is 9.55 Å². The number of para-hydroxylation sites is 3. The Hall–Kier alpha value is -5.77. The smallest absolute Gasteiger partial charge is 0.145 e. The van der Waals surface area contributed by atoms with Crippen LogP contribution in [0.1, 0.15) is 25.0 Å². The highest BCUT2D eigenvalue weighted by Gasteiger charge is 2.35. The van der Waals surface area contributed by atoms with Crippen LogP contribution in [0.4, 0.5) is 0 Å². The van der Waals surface area contributed by atoms with Crippen LogP contribution < -0.4 is 0 Å². The van der Waals surface area contributed by atoms with Gasteiger partial charge in [-0.15, -0.1) is 11.3 Å². The number of fused-ring (bicyclic) bond motifs is 7. The summed E-state index contributed by atoms with van der Waals surface area (Å²) in [4.78, 5) is 5.30. The second kappa shape index (κ2) is 10.6. The Bertz CT molecular complexity index is 2750. The largest absolute Gasteiger partial charge is 0.292 e. The van der Waals surface area contributed by atoms with Gasteiger partial charge in [-0.2, -0.15) is 0 Å². The number of aromatic nitrogens is 2. The number of nitrogens with zero attached hydrogens (tertiary/aromatic N) is 2. The topological polar surface area (TPSA) is 17.8 Å². The monoisotopic (exact) mass is 644 g/mol. The molecule has 0 aliphatic heterocycles. The molecule has 49 heavy (non-hydrogen) atoms. The van der Waals surface area contributed by atoms with E-state index in [1.165, 1.54) is 64.7 Å². The van der Waals surface area contributed by atoms with E-state index in [9.17, 15) is 0 Å². The van der Waals surface area contributed by atoms with Crippen molar-refractivity contribution in [3.63, 3.8) is 0 Å². The third-order valence-corrected chi connectivity index (χ3v) is 11.6. The molecular weight excluding hydrogens is 613 g/mol. The Morgan fingerprint density at radius 3 is 2.12 bits per heavy atom. The number of hydrogen-bond acceptors (Lipinski definition) is 2. The van der Waals surface area contributed by atoms with E-state index in [-0.39, 0.29) is 5.41 Å². The summed E-state index contributed by atoms with van der Waals surface area (Å²) >= 11 is 1.88. The highest BCUT2D eigenvalue weighted by atomic mass is 32.1. The molecule has 9 aromatic rings. The minimum absolute atomic E-state index is 0.0770. The predicted molar refractivity (Wildman–Crippen MR) is 208 cm³/mol. The maximum absolute atomic E-state index is 5.30. The standard InChI is InChI=1S/C46H32N2S/c1-46(2)39-19-8-6-15-35(39)36-24-23-29(28-40(36)46)30-25-31(34-17-12-18-38-37-16-7-11-22-43(37)49-44(34)38)27-32(26-30)45-47-41-20-9-10-21-42(41)48(45)33-13-4-3-5-14-33/h3-28H,1-2H3. The maximum Gasteiger partial charge on any atom is 0.145 e. The average Bonchev–Trinajstić information content (AvgIpc) is 3.80. The molecule has 0 spiro atoms. The zero-order chi connectivity index (χ0) is 32.7. The van der Waals surface area contributed by atoms with Gasteiger partial charge in [0.2, 0.25) is 0 Å². The van der Waals surface area contributed by atoms with Gasteiger partial charge in [-0.1, -0.05) is 117 Å². The quantitative estimate of drug-likeness (QED) is 0.186. The highest BCUT2D eigenvalue weighted by molar-refractivity contribution is 7.26. The maximum atomic E-state index is 5.30. The van der Waals surface area contributed by atoms with Gasteiger partial charge in [-0.05, 0) is 99.1 Å². The first-order valence-electron chi connectivity index (χ1n) is 16.9. The van der Waals surface area contributed by atoms with Gasteiger partial charge in [0.05, 0.1) is 11.0 Å². The van der Waals surface area contributed by atoms with Gasteiger partial charge in [0.1, 0.15) is 5.82 Å². The van der Waals surface area contributed by atoms with Gasteiger partial charge in [0.15, 0.2) is 0 Å². The summed E-state index contributed by atoms with van der Waals surface area (Å²) in [6.07, 6.45) is 0. The minimum atomic E-state index is -0.0770. The molecule has 0 N–H and O–H groups in total. The molecule has 1 aliphatic carbocycles. The Labute approximate surface area is 289 Å². The summed E-state index contributed by atoms with van der Waals surface area (Å²) < 4.78 is 4.93. The fourth-order valence-corrected chi connectivity index (χ4v) is 9.23. The molecule has 232 valence electrons. The van der Waals surface area contributed by atoms with Crippen molar-refractivity contribution in [2.75, 3.05) is 0 Å². The molecule has 3 heteroatoms. The SMILES string of the molecule is CC1(C)c2ccccc2-c2ccc(-c3cc(-c4cccc5c4sc4ccccc45)cc(-c4nc5ccccc5n4-c4ccccc4)c3)cc21. The van der Waals surface area contributed by atoms with Crippen LogP contribution in [0, 0.1) is 0 Å². The van der Waals surface area contributed by atoms with Crippen LogP contribution in [0.25, 0.3) is 81.7 Å². The lowest BCUT2D eigenvalue weighted by Gasteiger charge is -2.22. The Kier molecular flexibility index (Phi) is 6.12. The normalized spacial score (nSPS) is 13.3. The van der Waals surface area contributed by atoms with E-state index in [1.807, 2.05) is 11.3 Å². The van der Waals surface area contributed by atoms with Gasteiger partial charge >= 0.3 is 0 Å². The summed E-state index contributed by atoms with van der Waals surface area (Å²) in [5.74, 6) is 0.938. The highest BCUT2D eigenvalue weighted by Crippen LogP contribution is 2.50. The molecule has 2 nitrogen and oxygen atoms in total. The molecule has 0 fully saturated rings. The second-order valence-electron chi connectivity index (χ2n) is 13.6. The first-order chi connectivity index (χ1) is 24.0. The number of thiophene rings is 1. The third-order valence-electron chi connectivity index (χ3n) is 10.4. The van der Waals surface area contributed by atoms with Crippen molar-refractivity contribution < 1.29 is 0 Å². The van der Waals surface area contributed by atoms with E-state index < -0.39 is 0 Å². The van der Waals surface area contributed by atoms with E-state index in [0.717, 1.165) is 28.1 Å². The molecule has 0 saturated heterocycles. The lowest BCUT2D eigenvalue weighted by molar-refractivity contribution is 0.660. The Morgan fingerprint density at radius 1 is 0.510 bits per heavy atom. The fourth-order valence-electron chi connectivity index (χ4n) is 8.00. The van der Waals surface area contributed by atoms with Crippen molar-refractivity contribution >= 4 is 42.5 Å². The molecule has 0 bridgehead atoms. The number of benzene rings is 7. The molecule has 0 unspecified atom stereocenters. The van der Waals surface area contributed by atoms with E-state index in [2.05, 4.69) is 176 Å². The summed E-state index contributed by atoms with van der Waals surface area (Å²) in [6, 6.07) is 57.6. The Balaban J connectivity index is 1.25. The number of imidazole rings is 1. The second-order valence-corrected chi connectivity index (χ2v) is 14.7. The molecule has 7 aromatic carbocycles. The van der Waals surface area contributed by atoms with Gasteiger partial charge in [-0.25, -0.2) is 4.98 Å². The average molecular weight is 645 g/mol. The van der Waals surface area contributed by atoms with Crippen LogP contribution >= 0.6 is 11.3 Å². The molecule has 0 saturated carbocycles.